The van der Waals surface area contributed by atoms with Crippen LogP contribution in [0.1, 0.15) is 19.4 Å². The van der Waals surface area contributed by atoms with Gasteiger partial charge in [0.25, 0.3) is 5.56 Å². The smallest absolute Gasteiger partial charge is 0.326 e. The summed E-state index contributed by atoms with van der Waals surface area (Å²) in [6.45, 7) is 1.71. The highest BCUT2D eigenvalue weighted by atomic mass is 35.5. The molecule has 0 aliphatic carbocycles. The minimum Gasteiger partial charge on any atom is -0.480 e. The van der Waals surface area contributed by atoms with E-state index in [0.29, 0.717) is 25.8 Å². The fourth-order valence-electron chi connectivity index (χ4n) is 2.53. The first kappa shape index (κ1) is 17.0. The first-order chi connectivity index (χ1) is 11.4. The van der Waals surface area contributed by atoms with Gasteiger partial charge in [-0.05, 0) is 24.1 Å². The lowest BCUT2D eigenvalue weighted by Crippen LogP contribution is -2.29. The van der Waals surface area contributed by atoms with Crippen molar-refractivity contribution < 1.29 is 9.90 Å². The molecule has 8 heteroatoms. The fraction of sp³-hybridized carbons (Fsp3) is 0.188. The lowest BCUT2D eigenvalue weighted by atomic mass is 10.1. The number of carbonyl (C=O) groups is 1. The molecule has 0 aliphatic heterocycles. The van der Waals surface area contributed by atoms with Gasteiger partial charge in [0.05, 0.1) is 21.8 Å². The third-order valence-electron chi connectivity index (χ3n) is 3.76. The topological polar surface area (TPSA) is 72.2 Å². The van der Waals surface area contributed by atoms with Crippen molar-refractivity contribution in [2.45, 2.75) is 19.4 Å². The lowest BCUT2D eigenvalue weighted by molar-refractivity contribution is -0.141. The summed E-state index contributed by atoms with van der Waals surface area (Å²) in [7, 11) is 0. The molecule has 0 amide bonds. The molecule has 5 nitrogen and oxygen atoms in total. The Balaban J connectivity index is 2.26. The third kappa shape index (κ3) is 2.81. The minimum absolute atomic E-state index is 0.286. The maximum absolute atomic E-state index is 12.8. The Bertz CT molecular complexity index is 997. The molecule has 0 spiro atoms. The zero-order valence-electron chi connectivity index (χ0n) is 12.5. The van der Waals surface area contributed by atoms with Gasteiger partial charge in [-0.1, -0.05) is 36.2 Å². The van der Waals surface area contributed by atoms with Gasteiger partial charge in [0.15, 0.2) is 0 Å². The predicted octanol–water partition coefficient (Wildman–Crippen LogP) is 4.47. The molecule has 0 fully saturated rings. The molecule has 0 radical (unpaired) electrons. The van der Waals surface area contributed by atoms with Crippen molar-refractivity contribution in [3.8, 4) is 11.1 Å². The molecule has 1 N–H and O–H groups in total. The van der Waals surface area contributed by atoms with Gasteiger partial charge in [0.2, 0.25) is 0 Å². The van der Waals surface area contributed by atoms with Crippen molar-refractivity contribution in [3.63, 3.8) is 0 Å². The Hall–Kier alpha value is -1.89. The average Bonchev–Trinajstić information content (AvgIpc) is 2.97. The van der Waals surface area contributed by atoms with E-state index in [-0.39, 0.29) is 12.0 Å². The molecule has 1 atom stereocenters. The van der Waals surface area contributed by atoms with E-state index >= 15 is 0 Å². The van der Waals surface area contributed by atoms with Crippen LogP contribution in [-0.4, -0.2) is 20.6 Å². The van der Waals surface area contributed by atoms with Gasteiger partial charge in [-0.3, -0.25) is 9.36 Å². The van der Waals surface area contributed by atoms with E-state index in [1.54, 1.807) is 25.1 Å². The summed E-state index contributed by atoms with van der Waals surface area (Å²) in [5.74, 6) is -1.06. The summed E-state index contributed by atoms with van der Waals surface area (Å²) in [6, 6.07) is 4.15. The molecule has 124 valence electrons. The highest BCUT2D eigenvalue weighted by Crippen LogP contribution is 2.34. The molecule has 0 aliphatic rings. The Morgan fingerprint density at radius 2 is 2.12 bits per heavy atom. The number of aliphatic carboxylic acids is 1. The molecule has 3 aromatic rings. The van der Waals surface area contributed by atoms with Crippen LogP contribution in [0.5, 0.6) is 0 Å². The molecule has 1 aromatic carbocycles. The summed E-state index contributed by atoms with van der Waals surface area (Å²) in [5, 5.41) is 12.3. The van der Waals surface area contributed by atoms with Gasteiger partial charge < -0.3 is 5.11 Å². The molecule has 24 heavy (non-hydrogen) atoms. The van der Waals surface area contributed by atoms with E-state index in [4.69, 9.17) is 23.2 Å². The van der Waals surface area contributed by atoms with Crippen molar-refractivity contribution in [2.24, 2.45) is 0 Å². The number of fused-ring (bicyclic) bond motifs is 1. The number of carboxylic acids is 1. The molecule has 2 aromatic heterocycles. The number of hydrogen-bond acceptors (Lipinski definition) is 4. The summed E-state index contributed by atoms with van der Waals surface area (Å²) in [5.41, 5.74) is 1.02. The largest absolute Gasteiger partial charge is 0.480 e. The zero-order chi connectivity index (χ0) is 17.4. The molecule has 1 unspecified atom stereocenters. The second kappa shape index (κ2) is 6.55. The van der Waals surface area contributed by atoms with Crippen molar-refractivity contribution >= 4 is 50.7 Å². The summed E-state index contributed by atoms with van der Waals surface area (Å²) in [6.07, 6.45) is 1.58. The summed E-state index contributed by atoms with van der Waals surface area (Å²) < 4.78 is 1.17. The van der Waals surface area contributed by atoms with Crippen molar-refractivity contribution in [1.82, 2.24) is 9.55 Å². The van der Waals surface area contributed by atoms with Crippen molar-refractivity contribution in [1.29, 1.82) is 0 Å². The fourth-order valence-corrected chi connectivity index (χ4v) is 3.74. The quantitative estimate of drug-likeness (QED) is 0.722. The van der Waals surface area contributed by atoms with Crippen LogP contribution in [0.4, 0.5) is 0 Å². The SMILES string of the molecule is CCC(C(=O)O)n1cnc2scc(-c3ccc(Cl)c(Cl)c3)c2c1=O. The lowest BCUT2D eigenvalue weighted by Gasteiger charge is -2.13. The normalized spacial score (nSPS) is 12.5. The maximum Gasteiger partial charge on any atom is 0.326 e. The Kier molecular flexibility index (Phi) is 4.62. The first-order valence-corrected chi connectivity index (χ1v) is 8.74. The van der Waals surface area contributed by atoms with Crippen LogP contribution in [0.2, 0.25) is 10.0 Å². The van der Waals surface area contributed by atoms with Crippen LogP contribution < -0.4 is 5.56 Å². The highest BCUT2D eigenvalue weighted by molar-refractivity contribution is 7.17. The standard InChI is InChI=1S/C16H12Cl2N2O3S/c1-2-12(16(22)23)20-7-19-14-13(15(20)21)9(6-24-14)8-3-4-10(17)11(18)5-8/h3-7,12H,2H2,1H3,(H,22,23). The van der Waals surface area contributed by atoms with Crippen LogP contribution in [0.3, 0.4) is 0 Å². The van der Waals surface area contributed by atoms with Crippen LogP contribution >= 0.6 is 34.5 Å². The van der Waals surface area contributed by atoms with Crippen LogP contribution in [0.15, 0.2) is 34.7 Å². The predicted molar refractivity (Wildman–Crippen MR) is 96.3 cm³/mol. The van der Waals surface area contributed by atoms with Crippen LogP contribution in [0.25, 0.3) is 21.3 Å². The van der Waals surface area contributed by atoms with Gasteiger partial charge in [0, 0.05) is 10.9 Å². The Morgan fingerprint density at radius 1 is 1.38 bits per heavy atom. The average molecular weight is 383 g/mol. The van der Waals surface area contributed by atoms with E-state index in [1.165, 1.54) is 22.2 Å². The number of halogens is 2. The third-order valence-corrected chi connectivity index (χ3v) is 5.38. The molecule has 0 saturated heterocycles. The second-order valence-electron chi connectivity index (χ2n) is 5.18. The number of nitrogens with zero attached hydrogens (tertiary/aromatic N) is 2. The van der Waals surface area contributed by atoms with Crippen molar-refractivity contribution in [3.05, 3.63) is 50.3 Å². The summed E-state index contributed by atoms with van der Waals surface area (Å²) in [4.78, 5) is 29.0. The molecular weight excluding hydrogens is 371 g/mol. The van der Waals surface area contributed by atoms with Crippen molar-refractivity contribution in [2.75, 3.05) is 0 Å². The molecule has 2 heterocycles. The molecule has 3 rings (SSSR count). The van der Waals surface area contributed by atoms with Gasteiger partial charge in [-0.2, -0.15) is 0 Å². The number of benzene rings is 1. The first-order valence-electron chi connectivity index (χ1n) is 7.10. The summed E-state index contributed by atoms with van der Waals surface area (Å²) >= 11 is 13.3. The number of rotatable bonds is 4. The maximum atomic E-state index is 12.8. The molecular formula is C16H12Cl2N2O3S. The van der Waals surface area contributed by atoms with E-state index in [0.717, 1.165) is 5.56 Å². The monoisotopic (exact) mass is 382 g/mol. The van der Waals surface area contributed by atoms with Gasteiger partial charge in [-0.15, -0.1) is 11.3 Å². The second-order valence-corrected chi connectivity index (χ2v) is 6.85. The number of hydrogen-bond donors (Lipinski definition) is 1. The van der Waals surface area contributed by atoms with Crippen LogP contribution in [0, 0.1) is 0 Å². The zero-order valence-corrected chi connectivity index (χ0v) is 14.8. The number of thiophene rings is 1. The van der Waals surface area contributed by atoms with Gasteiger partial charge in [0.1, 0.15) is 10.9 Å². The van der Waals surface area contributed by atoms with Gasteiger partial charge in [-0.25, -0.2) is 9.78 Å². The molecule has 0 bridgehead atoms. The van der Waals surface area contributed by atoms with E-state index in [1.807, 2.05) is 5.38 Å². The molecule has 0 saturated carbocycles. The number of carboxylic acid groups (broad SMARTS) is 1. The number of aromatic nitrogens is 2. The highest BCUT2D eigenvalue weighted by Gasteiger charge is 2.22. The Morgan fingerprint density at radius 3 is 2.75 bits per heavy atom. The van der Waals surface area contributed by atoms with Gasteiger partial charge >= 0.3 is 5.97 Å². The Labute approximate surface area is 151 Å². The van der Waals surface area contributed by atoms with E-state index < -0.39 is 12.0 Å². The van der Waals surface area contributed by atoms with E-state index in [9.17, 15) is 14.7 Å². The minimum atomic E-state index is -1.06. The van der Waals surface area contributed by atoms with Crippen LogP contribution in [-0.2, 0) is 4.79 Å². The van der Waals surface area contributed by atoms with E-state index in [2.05, 4.69) is 4.98 Å².